The van der Waals surface area contributed by atoms with Gasteiger partial charge in [-0.3, -0.25) is 9.69 Å². The lowest BCUT2D eigenvalue weighted by molar-refractivity contribution is -0.131. The number of carbonyl (C=O) groups is 2. The minimum atomic E-state index is -0.625. The molecular weight excluding hydrogens is 354 g/mol. The maximum absolute atomic E-state index is 13.0. The van der Waals surface area contributed by atoms with Gasteiger partial charge in [0.05, 0.1) is 12.7 Å². The Balaban J connectivity index is 1.75. The average molecular weight is 381 g/mol. The maximum atomic E-state index is 13.0. The second-order valence-electron chi connectivity index (χ2n) is 7.96. The minimum absolute atomic E-state index is 0.134. The Bertz CT molecular complexity index is 803. The van der Waals surface area contributed by atoms with E-state index in [4.69, 9.17) is 4.74 Å². The largest absolute Gasteiger partial charge is 0.443 e. The molecule has 1 aliphatic heterocycles. The van der Waals surface area contributed by atoms with Crippen molar-refractivity contribution >= 4 is 12.0 Å². The summed E-state index contributed by atoms with van der Waals surface area (Å²) < 4.78 is 5.29. The van der Waals surface area contributed by atoms with E-state index in [1.54, 1.807) is 20.8 Å². The highest BCUT2D eigenvalue weighted by atomic mass is 16.6. The van der Waals surface area contributed by atoms with E-state index in [0.29, 0.717) is 19.6 Å². The highest BCUT2D eigenvalue weighted by Crippen LogP contribution is 2.21. The molecule has 1 aliphatic rings. The Morgan fingerprint density at radius 2 is 1.61 bits per heavy atom. The molecule has 2 amide bonds. The summed E-state index contributed by atoms with van der Waals surface area (Å²) in [7, 11) is 0. The number of benzene rings is 2. The first-order valence-electron chi connectivity index (χ1n) is 9.45. The molecule has 2 aromatic carbocycles. The first-order chi connectivity index (χ1) is 13.3. The Hall–Kier alpha value is -2.86. The number of hydrogen-bond donors (Lipinski definition) is 1. The number of ether oxygens (including phenoxy) is 1. The van der Waals surface area contributed by atoms with Gasteiger partial charge in [0.25, 0.3) is 5.91 Å². The van der Waals surface area contributed by atoms with Crippen LogP contribution >= 0.6 is 0 Å². The quantitative estimate of drug-likeness (QED) is 0.863. The molecule has 1 saturated heterocycles. The fourth-order valence-electron chi connectivity index (χ4n) is 3.22. The maximum Gasteiger partial charge on any atom is 0.426 e. The van der Waals surface area contributed by atoms with Crippen LogP contribution in [0.5, 0.6) is 0 Å². The third-order valence-electron chi connectivity index (χ3n) is 4.44. The predicted molar refractivity (Wildman–Crippen MR) is 107 cm³/mol. The van der Waals surface area contributed by atoms with Crippen LogP contribution in [0.15, 0.2) is 60.7 Å². The summed E-state index contributed by atoms with van der Waals surface area (Å²) in [5, 5.41) is 1.35. The van der Waals surface area contributed by atoms with Crippen molar-refractivity contribution in [2.45, 2.75) is 45.4 Å². The SMILES string of the molecule is CC(C)(C)OC(=O)NN1CN(Cc2ccccc2)C(Cc2ccccc2)C1=O. The Labute approximate surface area is 166 Å². The monoisotopic (exact) mass is 381 g/mol. The van der Waals surface area contributed by atoms with Gasteiger partial charge in [-0.25, -0.2) is 15.2 Å². The number of hydrazine groups is 1. The van der Waals surface area contributed by atoms with Crippen LogP contribution in [0.4, 0.5) is 4.79 Å². The molecule has 0 bridgehead atoms. The Morgan fingerprint density at radius 1 is 1.04 bits per heavy atom. The standard InChI is InChI=1S/C22H27N3O3/c1-22(2,3)28-21(27)23-25-16-24(15-18-12-8-5-9-13-18)19(20(25)26)14-17-10-6-4-7-11-17/h4-13,19H,14-16H2,1-3H3,(H,23,27). The van der Waals surface area contributed by atoms with Gasteiger partial charge in [0.15, 0.2) is 0 Å². The van der Waals surface area contributed by atoms with Crippen LogP contribution in [-0.4, -0.2) is 40.2 Å². The van der Waals surface area contributed by atoms with E-state index in [0.717, 1.165) is 11.1 Å². The van der Waals surface area contributed by atoms with Crippen LogP contribution in [0.2, 0.25) is 0 Å². The van der Waals surface area contributed by atoms with Crippen LogP contribution in [0, 0.1) is 0 Å². The lowest BCUT2D eigenvalue weighted by Gasteiger charge is -2.23. The molecule has 1 heterocycles. The van der Waals surface area contributed by atoms with Crippen LogP contribution in [-0.2, 0) is 22.5 Å². The van der Waals surface area contributed by atoms with Crippen LogP contribution in [0.3, 0.4) is 0 Å². The van der Waals surface area contributed by atoms with Gasteiger partial charge in [0, 0.05) is 6.54 Å². The molecule has 6 heteroatoms. The average Bonchev–Trinajstić information content (AvgIpc) is 2.90. The van der Waals surface area contributed by atoms with E-state index in [2.05, 4.69) is 10.3 Å². The second kappa shape index (κ2) is 8.44. The minimum Gasteiger partial charge on any atom is -0.443 e. The Morgan fingerprint density at radius 3 is 2.18 bits per heavy atom. The molecule has 1 fully saturated rings. The van der Waals surface area contributed by atoms with E-state index < -0.39 is 11.7 Å². The second-order valence-corrected chi connectivity index (χ2v) is 7.96. The molecule has 2 aromatic rings. The van der Waals surface area contributed by atoms with Crippen molar-refractivity contribution in [2.75, 3.05) is 6.67 Å². The van der Waals surface area contributed by atoms with Crippen molar-refractivity contribution in [3.05, 3.63) is 71.8 Å². The van der Waals surface area contributed by atoms with Crippen molar-refractivity contribution in [1.82, 2.24) is 15.3 Å². The summed E-state index contributed by atoms with van der Waals surface area (Å²) in [5.41, 5.74) is 4.17. The molecule has 148 valence electrons. The molecule has 28 heavy (non-hydrogen) atoms. The zero-order chi connectivity index (χ0) is 20.1. The lowest BCUT2D eigenvalue weighted by Crippen LogP contribution is -2.46. The third-order valence-corrected chi connectivity index (χ3v) is 4.44. The molecule has 0 aromatic heterocycles. The number of hydrogen-bond acceptors (Lipinski definition) is 4. The smallest absolute Gasteiger partial charge is 0.426 e. The fourth-order valence-corrected chi connectivity index (χ4v) is 3.22. The van der Waals surface area contributed by atoms with Crippen molar-refractivity contribution in [1.29, 1.82) is 0 Å². The predicted octanol–water partition coefficient (Wildman–Crippen LogP) is 3.34. The van der Waals surface area contributed by atoms with Crippen molar-refractivity contribution in [3.8, 4) is 0 Å². The highest BCUT2D eigenvalue weighted by molar-refractivity contribution is 5.85. The summed E-state index contributed by atoms with van der Waals surface area (Å²) >= 11 is 0. The summed E-state index contributed by atoms with van der Waals surface area (Å²) in [5.74, 6) is -0.134. The molecule has 1 N–H and O–H groups in total. The van der Waals surface area contributed by atoms with Gasteiger partial charge in [-0.2, -0.15) is 0 Å². The van der Waals surface area contributed by atoms with Crippen LogP contribution in [0.25, 0.3) is 0 Å². The zero-order valence-corrected chi connectivity index (χ0v) is 16.6. The number of nitrogens with zero attached hydrogens (tertiary/aromatic N) is 2. The van der Waals surface area contributed by atoms with Crippen molar-refractivity contribution in [2.24, 2.45) is 0 Å². The van der Waals surface area contributed by atoms with E-state index in [1.165, 1.54) is 5.01 Å². The molecule has 1 atom stereocenters. The molecule has 0 aliphatic carbocycles. The summed E-state index contributed by atoms with van der Waals surface area (Å²) in [6.07, 6.45) is -0.0418. The molecule has 0 spiro atoms. The molecule has 3 rings (SSSR count). The third kappa shape index (κ3) is 5.33. The van der Waals surface area contributed by atoms with Gasteiger partial charge in [-0.05, 0) is 38.3 Å². The van der Waals surface area contributed by atoms with E-state index in [-0.39, 0.29) is 11.9 Å². The van der Waals surface area contributed by atoms with Gasteiger partial charge in [0.2, 0.25) is 0 Å². The first-order valence-corrected chi connectivity index (χ1v) is 9.45. The summed E-state index contributed by atoms with van der Waals surface area (Å²) in [6, 6.07) is 19.6. The van der Waals surface area contributed by atoms with Gasteiger partial charge < -0.3 is 4.74 Å². The van der Waals surface area contributed by atoms with Gasteiger partial charge in [0.1, 0.15) is 5.60 Å². The van der Waals surface area contributed by atoms with E-state index >= 15 is 0 Å². The van der Waals surface area contributed by atoms with E-state index in [1.807, 2.05) is 60.7 Å². The molecule has 1 unspecified atom stereocenters. The topological polar surface area (TPSA) is 61.9 Å². The first kappa shape index (κ1) is 19.9. The van der Waals surface area contributed by atoms with Crippen LogP contribution < -0.4 is 5.43 Å². The van der Waals surface area contributed by atoms with E-state index in [9.17, 15) is 9.59 Å². The zero-order valence-electron chi connectivity index (χ0n) is 16.6. The number of amides is 2. The molecule has 6 nitrogen and oxygen atoms in total. The lowest BCUT2D eigenvalue weighted by atomic mass is 10.0. The molecular formula is C22H27N3O3. The molecule has 0 saturated carbocycles. The normalized spacial score (nSPS) is 17.6. The number of nitrogens with one attached hydrogen (secondary N) is 1. The van der Waals surface area contributed by atoms with Crippen LogP contribution in [0.1, 0.15) is 31.9 Å². The van der Waals surface area contributed by atoms with Gasteiger partial charge in [-0.1, -0.05) is 60.7 Å². The van der Waals surface area contributed by atoms with Gasteiger partial charge in [-0.15, -0.1) is 0 Å². The van der Waals surface area contributed by atoms with Crippen molar-refractivity contribution in [3.63, 3.8) is 0 Å². The Kier molecular flexibility index (Phi) is 5.99. The fraction of sp³-hybridized carbons (Fsp3) is 0.364. The van der Waals surface area contributed by atoms with Crippen molar-refractivity contribution < 1.29 is 14.3 Å². The molecule has 0 radical (unpaired) electrons. The number of carbonyl (C=O) groups excluding carboxylic acids is 2. The van der Waals surface area contributed by atoms with Gasteiger partial charge >= 0.3 is 6.09 Å². The summed E-state index contributed by atoms with van der Waals surface area (Å²) in [6.45, 7) is 6.30. The number of rotatable bonds is 5. The summed E-state index contributed by atoms with van der Waals surface area (Å²) in [4.78, 5) is 27.2. The highest BCUT2D eigenvalue weighted by Gasteiger charge is 2.39.